The number of benzene rings is 2. The fourth-order valence-corrected chi connectivity index (χ4v) is 3.01. The van der Waals surface area contributed by atoms with Crippen LogP contribution in [0.15, 0.2) is 77.5 Å². The number of amides is 1. The van der Waals surface area contributed by atoms with Crippen LogP contribution >= 0.6 is 27.5 Å². The standard InChI is InChI=1S/C19H14BrClN2O/c20-15-6-7-17(21)16(12-15)19(24)23-18(13-4-2-1-3-5-13)14-8-10-22-11-9-14/h1-12,18H,(H,23,24). The van der Waals surface area contributed by atoms with Crippen LogP contribution < -0.4 is 5.32 Å². The Hall–Kier alpha value is -2.17. The molecule has 3 nitrogen and oxygen atoms in total. The summed E-state index contributed by atoms with van der Waals surface area (Å²) in [5.41, 5.74) is 2.37. The number of hydrogen-bond donors (Lipinski definition) is 1. The Morgan fingerprint density at radius 3 is 2.38 bits per heavy atom. The van der Waals surface area contributed by atoms with Crippen LogP contribution in [0.25, 0.3) is 0 Å². The molecule has 0 saturated carbocycles. The molecule has 1 heterocycles. The zero-order valence-electron chi connectivity index (χ0n) is 12.6. The summed E-state index contributed by atoms with van der Waals surface area (Å²) in [7, 11) is 0. The van der Waals surface area contributed by atoms with Crippen LogP contribution in [0.5, 0.6) is 0 Å². The molecule has 1 unspecified atom stereocenters. The van der Waals surface area contributed by atoms with Gasteiger partial charge in [-0.25, -0.2) is 0 Å². The van der Waals surface area contributed by atoms with E-state index in [9.17, 15) is 4.79 Å². The van der Waals surface area contributed by atoms with Gasteiger partial charge in [-0.3, -0.25) is 9.78 Å². The molecule has 24 heavy (non-hydrogen) atoms. The average molecular weight is 402 g/mol. The van der Waals surface area contributed by atoms with Crippen molar-refractivity contribution < 1.29 is 4.79 Å². The van der Waals surface area contributed by atoms with Gasteiger partial charge in [-0.1, -0.05) is 57.9 Å². The highest BCUT2D eigenvalue weighted by Gasteiger charge is 2.19. The molecular weight excluding hydrogens is 388 g/mol. The molecule has 3 rings (SSSR count). The van der Waals surface area contributed by atoms with Crippen molar-refractivity contribution in [1.82, 2.24) is 10.3 Å². The molecule has 0 fully saturated rings. The lowest BCUT2D eigenvalue weighted by Gasteiger charge is -2.20. The molecule has 0 aliphatic rings. The van der Waals surface area contributed by atoms with Crippen molar-refractivity contribution in [2.24, 2.45) is 0 Å². The number of pyridine rings is 1. The molecule has 0 spiro atoms. The molecule has 0 saturated heterocycles. The van der Waals surface area contributed by atoms with Gasteiger partial charge in [-0.2, -0.15) is 0 Å². The summed E-state index contributed by atoms with van der Waals surface area (Å²) >= 11 is 9.55. The van der Waals surface area contributed by atoms with Gasteiger partial charge in [0.25, 0.3) is 5.91 Å². The van der Waals surface area contributed by atoms with Crippen LogP contribution in [-0.2, 0) is 0 Å². The Labute approximate surface area is 153 Å². The second-order valence-electron chi connectivity index (χ2n) is 5.22. The minimum absolute atomic E-state index is 0.230. The predicted molar refractivity (Wildman–Crippen MR) is 99.1 cm³/mol. The first-order chi connectivity index (χ1) is 11.6. The molecule has 1 amide bonds. The first-order valence-corrected chi connectivity index (χ1v) is 8.53. The largest absolute Gasteiger partial charge is 0.341 e. The molecule has 0 aliphatic heterocycles. The first kappa shape index (κ1) is 16.7. The highest BCUT2D eigenvalue weighted by Crippen LogP contribution is 2.25. The van der Waals surface area contributed by atoms with E-state index >= 15 is 0 Å². The lowest BCUT2D eigenvalue weighted by molar-refractivity contribution is 0.0943. The molecule has 0 aliphatic carbocycles. The van der Waals surface area contributed by atoms with Crippen molar-refractivity contribution in [2.45, 2.75) is 6.04 Å². The number of carbonyl (C=O) groups excluding carboxylic acids is 1. The summed E-state index contributed by atoms with van der Waals surface area (Å²) in [6.45, 7) is 0. The van der Waals surface area contributed by atoms with Gasteiger partial charge in [0.2, 0.25) is 0 Å². The van der Waals surface area contributed by atoms with Crippen molar-refractivity contribution >= 4 is 33.4 Å². The summed E-state index contributed by atoms with van der Waals surface area (Å²) in [4.78, 5) is 16.8. The highest BCUT2D eigenvalue weighted by atomic mass is 79.9. The fourth-order valence-electron chi connectivity index (χ4n) is 2.44. The van der Waals surface area contributed by atoms with Gasteiger partial charge in [0, 0.05) is 16.9 Å². The molecule has 1 aromatic heterocycles. The molecule has 1 N–H and O–H groups in total. The van der Waals surface area contributed by atoms with Gasteiger partial charge in [0.1, 0.15) is 0 Å². The van der Waals surface area contributed by atoms with Crippen LogP contribution in [0.1, 0.15) is 27.5 Å². The molecular formula is C19H14BrClN2O. The Balaban J connectivity index is 1.95. The lowest BCUT2D eigenvalue weighted by Crippen LogP contribution is -2.29. The quantitative estimate of drug-likeness (QED) is 0.667. The van der Waals surface area contributed by atoms with E-state index < -0.39 is 0 Å². The maximum Gasteiger partial charge on any atom is 0.253 e. The van der Waals surface area contributed by atoms with Crippen LogP contribution in [0.2, 0.25) is 5.02 Å². The van der Waals surface area contributed by atoms with E-state index in [1.54, 1.807) is 30.6 Å². The third-order valence-corrected chi connectivity index (χ3v) is 4.44. The maximum absolute atomic E-state index is 12.7. The van der Waals surface area contributed by atoms with Crippen molar-refractivity contribution in [3.63, 3.8) is 0 Å². The number of rotatable bonds is 4. The minimum atomic E-state index is -0.281. The topological polar surface area (TPSA) is 42.0 Å². The molecule has 0 bridgehead atoms. The summed E-state index contributed by atoms with van der Waals surface area (Å²) in [6.07, 6.45) is 3.42. The second kappa shape index (κ2) is 7.60. The normalized spacial score (nSPS) is 11.8. The van der Waals surface area contributed by atoms with Crippen molar-refractivity contribution in [3.05, 3.63) is 99.2 Å². The van der Waals surface area contributed by atoms with E-state index in [0.717, 1.165) is 15.6 Å². The van der Waals surface area contributed by atoms with Gasteiger partial charge in [-0.05, 0) is 41.5 Å². The van der Waals surface area contributed by atoms with E-state index in [1.807, 2.05) is 42.5 Å². The van der Waals surface area contributed by atoms with E-state index in [1.165, 1.54) is 0 Å². The van der Waals surface area contributed by atoms with Gasteiger partial charge in [0.05, 0.1) is 16.6 Å². The van der Waals surface area contributed by atoms with Crippen LogP contribution in [0.4, 0.5) is 0 Å². The van der Waals surface area contributed by atoms with E-state index in [2.05, 4.69) is 26.2 Å². The van der Waals surface area contributed by atoms with Crippen molar-refractivity contribution in [3.8, 4) is 0 Å². The Kier molecular flexibility index (Phi) is 5.28. The number of hydrogen-bond acceptors (Lipinski definition) is 2. The maximum atomic E-state index is 12.7. The Bertz CT molecular complexity index is 801. The van der Waals surface area contributed by atoms with Gasteiger partial charge < -0.3 is 5.32 Å². The third kappa shape index (κ3) is 3.83. The number of carbonyl (C=O) groups is 1. The highest BCUT2D eigenvalue weighted by molar-refractivity contribution is 9.10. The zero-order chi connectivity index (χ0) is 16.9. The predicted octanol–water partition coefficient (Wildman–Crippen LogP) is 5.02. The van der Waals surface area contributed by atoms with Crippen molar-refractivity contribution in [1.29, 1.82) is 0 Å². The summed E-state index contributed by atoms with van der Waals surface area (Å²) in [5, 5.41) is 3.48. The van der Waals surface area contributed by atoms with Crippen molar-refractivity contribution in [2.75, 3.05) is 0 Å². The fraction of sp³-hybridized carbons (Fsp3) is 0.0526. The Morgan fingerprint density at radius 1 is 1.00 bits per heavy atom. The van der Waals surface area contributed by atoms with Gasteiger partial charge in [0.15, 0.2) is 0 Å². The van der Waals surface area contributed by atoms with Gasteiger partial charge in [-0.15, -0.1) is 0 Å². The molecule has 3 aromatic rings. The van der Waals surface area contributed by atoms with E-state index in [4.69, 9.17) is 11.6 Å². The van der Waals surface area contributed by atoms with Gasteiger partial charge >= 0.3 is 0 Å². The van der Waals surface area contributed by atoms with Crippen LogP contribution in [-0.4, -0.2) is 10.9 Å². The number of halogens is 2. The number of nitrogens with zero attached hydrogens (tertiary/aromatic N) is 1. The molecule has 2 aromatic carbocycles. The number of nitrogens with one attached hydrogen (secondary N) is 1. The summed E-state index contributed by atoms with van der Waals surface area (Å²) in [6, 6.07) is 18.5. The SMILES string of the molecule is O=C(NC(c1ccccc1)c1ccncc1)c1cc(Br)ccc1Cl. The lowest BCUT2D eigenvalue weighted by atomic mass is 9.99. The summed E-state index contributed by atoms with van der Waals surface area (Å²) in [5.74, 6) is -0.230. The second-order valence-corrected chi connectivity index (χ2v) is 6.54. The Morgan fingerprint density at radius 2 is 1.67 bits per heavy atom. The average Bonchev–Trinajstić information content (AvgIpc) is 2.63. The monoisotopic (exact) mass is 400 g/mol. The van der Waals surface area contributed by atoms with E-state index in [-0.39, 0.29) is 11.9 Å². The minimum Gasteiger partial charge on any atom is -0.341 e. The smallest absolute Gasteiger partial charge is 0.253 e. The first-order valence-electron chi connectivity index (χ1n) is 7.36. The molecule has 120 valence electrons. The van der Waals surface area contributed by atoms with Crippen LogP contribution in [0, 0.1) is 0 Å². The molecule has 5 heteroatoms. The van der Waals surface area contributed by atoms with Crippen LogP contribution in [0.3, 0.4) is 0 Å². The molecule has 1 atom stereocenters. The molecule has 0 radical (unpaired) electrons. The summed E-state index contributed by atoms with van der Waals surface area (Å²) < 4.78 is 0.803. The zero-order valence-corrected chi connectivity index (χ0v) is 15.0. The number of aromatic nitrogens is 1. The van der Waals surface area contributed by atoms with E-state index in [0.29, 0.717) is 10.6 Å². The third-order valence-electron chi connectivity index (χ3n) is 3.62.